The average molecular weight is 233 g/mol. The molecule has 0 aliphatic carbocycles. The molecule has 0 radical (unpaired) electrons. The van der Waals surface area contributed by atoms with Gasteiger partial charge >= 0.3 is 0 Å². The summed E-state index contributed by atoms with van der Waals surface area (Å²) in [5, 5.41) is 0.396. The van der Waals surface area contributed by atoms with Crippen molar-refractivity contribution >= 4 is 11.6 Å². The Bertz CT molecular complexity index is 542. The van der Waals surface area contributed by atoms with Gasteiger partial charge in [-0.25, -0.2) is 4.98 Å². The molecule has 1 aliphatic heterocycles. The van der Waals surface area contributed by atoms with Gasteiger partial charge in [0.1, 0.15) is 10.9 Å². The second-order valence-corrected chi connectivity index (χ2v) is 4.01. The number of aromatic nitrogens is 2. The van der Waals surface area contributed by atoms with Crippen LogP contribution >= 0.6 is 11.6 Å². The molecule has 0 N–H and O–H groups in total. The van der Waals surface area contributed by atoms with Crippen molar-refractivity contribution in [1.29, 1.82) is 0 Å². The van der Waals surface area contributed by atoms with Crippen molar-refractivity contribution in [2.45, 2.75) is 6.42 Å². The van der Waals surface area contributed by atoms with E-state index in [0.717, 1.165) is 30.0 Å². The second-order valence-electron chi connectivity index (χ2n) is 3.62. The monoisotopic (exact) mass is 232 g/mol. The van der Waals surface area contributed by atoms with Crippen molar-refractivity contribution in [1.82, 2.24) is 9.97 Å². The maximum atomic E-state index is 5.83. The normalized spacial score (nSPS) is 13.3. The van der Waals surface area contributed by atoms with Crippen molar-refractivity contribution in [3.63, 3.8) is 0 Å². The lowest BCUT2D eigenvalue weighted by molar-refractivity contribution is 0.358. The molecular weight excluding hydrogens is 224 g/mol. The molecule has 0 spiro atoms. The van der Waals surface area contributed by atoms with E-state index in [-0.39, 0.29) is 0 Å². The van der Waals surface area contributed by atoms with Crippen LogP contribution in [0, 0.1) is 0 Å². The van der Waals surface area contributed by atoms with Gasteiger partial charge in [0.15, 0.2) is 0 Å². The Morgan fingerprint density at radius 1 is 1.25 bits per heavy atom. The van der Waals surface area contributed by atoms with Crippen LogP contribution < -0.4 is 4.74 Å². The minimum atomic E-state index is 0.396. The van der Waals surface area contributed by atoms with Crippen LogP contribution in [0.3, 0.4) is 0 Å². The Labute approximate surface area is 98.1 Å². The van der Waals surface area contributed by atoms with Gasteiger partial charge < -0.3 is 4.74 Å². The lowest BCUT2D eigenvalue weighted by Crippen LogP contribution is -1.91. The zero-order chi connectivity index (χ0) is 11.0. The first kappa shape index (κ1) is 9.60. The predicted molar refractivity (Wildman–Crippen MR) is 61.7 cm³/mol. The molecule has 0 saturated carbocycles. The minimum absolute atomic E-state index is 0.396. The molecule has 1 aromatic carbocycles. The van der Waals surface area contributed by atoms with Crippen LogP contribution in [0.25, 0.3) is 11.3 Å². The number of benzene rings is 1. The van der Waals surface area contributed by atoms with Crippen LogP contribution in [0.5, 0.6) is 5.75 Å². The topological polar surface area (TPSA) is 35.0 Å². The maximum absolute atomic E-state index is 5.83. The third-order valence-electron chi connectivity index (χ3n) is 2.60. The van der Waals surface area contributed by atoms with Crippen molar-refractivity contribution in [2.24, 2.45) is 0 Å². The number of para-hydroxylation sites is 1. The maximum Gasteiger partial charge on any atom is 0.148 e. The predicted octanol–water partition coefficient (Wildman–Crippen LogP) is 2.73. The SMILES string of the molecule is Clc1cncc(-c2cccc3c2OCC3)n1. The molecule has 80 valence electrons. The molecule has 1 aromatic heterocycles. The third kappa shape index (κ3) is 1.53. The highest BCUT2D eigenvalue weighted by Gasteiger charge is 2.17. The summed E-state index contributed by atoms with van der Waals surface area (Å²) in [6.45, 7) is 0.736. The van der Waals surface area contributed by atoms with E-state index in [4.69, 9.17) is 16.3 Å². The molecule has 0 unspecified atom stereocenters. The zero-order valence-corrected chi connectivity index (χ0v) is 9.24. The van der Waals surface area contributed by atoms with Gasteiger partial charge in [0.05, 0.1) is 24.7 Å². The van der Waals surface area contributed by atoms with Crippen molar-refractivity contribution in [2.75, 3.05) is 6.61 Å². The fourth-order valence-corrected chi connectivity index (χ4v) is 2.04. The lowest BCUT2D eigenvalue weighted by atomic mass is 10.1. The molecule has 16 heavy (non-hydrogen) atoms. The van der Waals surface area contributed by atoms with Crippen molar-refractivity contribution in [3.05, 3.63) is 41.3 Å². The van der Waals surface area contributed by atoms with E-state index < -0.39 is 0 Å². The van der Waals surface area contributed by atoms with Gasteiger partial charge in [-0.2, -0.15) is 0 Å². The fraction of sp³-hybridized carbons (Fsp3) is 0.167. The summed E-state index contributed by atoms with van der Waals surface area (Å²) in [7, 11) is 0. The van der Waals surface area contributed by atoms with Gasteiger partial charge in [0, 0.05) is 12.0 Å². The Hall–Kier alpha value is -1.61. The molecule has 1 aliphatic rings. The molecule has 3 nitrogen and oxygen atoms in total. The summed E-state index contributed by atoms with van der Waals surface area (Å²) in [4.78, 5) is 8.28. The van der Waals surface area contributed by atoms with Gasteiger partial charge in [-0.05, 0) is 11.6 Å². The third-order valence-corrected chi connectivity index (χ3v) is 2.78. The number of nitrogens with zero attached hydrogens (tertiary/aromatic N) is 2. The van der Waals surface area contributed by atoms with Crippen molar-refractivity contribution in [3.8, 4) is 17.0 Å². The molecule has 3 rings (SSSR count). The first-order valence-electron chi connectivity index (χ1n) is 5.07. The summed E-state index contributed by atoms with van der Waals surface area (Å²) in [5.41, 5.74) is 2.94. The van der Waals surface area contributed by atoms with Crippen LogP contribution in [0.2, 0.25) is 5.15 Å². The molecule has 4 heteroatoms. The van der Waals surface area contributed by atoms with E-state index in [1.807, 2.05) is 12.1 Å². The number of hydrogen-bond donors (Lipinski definition) is 0. The molecule has 0 bridgehead atoms. The first-order valence-corrected chi connectivity index (χ1v) is 5.45. The van der Waals surface area contributed by atoms with Gasteiger partial charge in [-0.1, -0.05) is 23.7 Å². The van der Waals surface area contributed by atoms with Crippen LogP contribution in [-0.2, 0) is 6.42 Å². The molecule has 2 heterocycles. The smallest absolute Gasteiger partial charge is 0.148 e. The second kappa shape index (κ2) is 3.76. The molecular formula is C12H9ClN2O. The van der Waals surface area contributed by atoms with Crippen LogP contribution in [0.15, 0.2) is 30.6 Å². The average Bonchev–Trinajstić information content (AvgIpc) is 2.76. The van der Waals surface area contributed by atoms with Crippen molar-refractivity contribution < 1.29 is 4.74 Å². The van der Waals surface area contributed by atoms with Crippen LogP contribution in [-0.4, -0.2) is 16.6 Å². The van der Waals surface area contributed by atoms with Gasteiger partial charge in [0.2, 0.25) is 0 Å². The summed E-state index contributed by atoms with van der Waals surface area (Å²) < 4.78 is 5.61. The Morgan fingerprint density at radius 3 is 3.06 bits per heavy atom. The fourth-order valence-electron chi connectivity index (χ4n) is 1.89. The van der Waals surface area contributed by atoms with E-state index in [0.29, 0.717) is 5.15 Å². The minimum Gasteiger partial charge on any atom is -0.492 e. The van der Waals surface area contributed by atoms with E-state index >= 15 is 0 Å². The summed E-state index contributed by atoms with van der Waals surface area (Å²) in [5.74, 6) is 0.916. The number of hydrogen-bond acceptors (Lipinski definition) is 3. The number of rotatable bonds is 1. The van der Waals surface area contributed by atoms with Gasteiger partial charge in [-0.3, -0.25) is 4.98 Å². The summed E-state index contributed by atoms with van der Waals surface area (Å²) >= 11 is 5.83. The lowest BCUT2D eigenvalue weighted by Gasteiger charge is -2.06. The number of halogens is 1. The van der Waals surface area contributed by atoms with E-state index in [2.05, 4.69) is 16.0 Å². The van der Waals surface area contributed by atoms with Crippen LogP contribution in [0.4, 0.5) is 0 Å². The molecule has 0 fully saturated rings. The zero-order valence-electron chi connectivity index (χ0n) is 8.48. The van der Waals surface area contributed by atoms with E-state index in [1.165, 1.54) is 11.8 Å². The van der Waals surface area contributed by atoms with Gasteiger partial charge in [-0.15, -0.1) is 0 Å². The first-order chi connectivity index (χ1) is 7.84. The summed E-state index contributed by atoms with van der Waals surface area (Å²) in [6, 6.07) is 6.06. The highest BCUT2D eigenvalue weighted by molar-refractivity contribution is 6.29. The summed E-state index contributed by atoms with van der Waals surface area (Å²) in [6.07, 6.45) is 4.18. The molecule has 0 saturated heterocycles. The molecule has 0 atom stereocenters. The largest absolute Gasteiger partial charge is 0.492 e. The quantitative estimate of drug-likeness (QED) is 0.758. The highest BCUT2D eigenvalue weighted by Crippen LogP contribution is 2.35. The Balaban J connectivity index is 2.17. The van der Waals surface area contributed by atoms with E-state index in [1.54, 1.807) is 6.20 Å². The molecule has 2 aromatic rings. The molecule has 0 amide bonds. The Kier molecular flexibility index (Phi) is 2.26. The standard InChI is InChI=1S/C12H9ClN2O/c13-11-7-14-6-10(15-11)9-3-1-2-8-4-5-16-12(8)9/h1-3,6-7H,4-5H2. The van der Waals surface area contributed by atoms with Crippen LogP contribution in [0.1, 0.15) is 5.56 Å². The van der Waals surface area contributed by atoms with E-state index in [9.17, 15) is 0 Å². The number of fused-ring (bicyclic) bond motifs is 1. The Morgan fingerprint density at radius 2 is 2.19 bits per heavy atom. The number of ether oxygens (including phenoxy) is 1. The highest BCUT2D eigenvalue weighted by atomic mass is 35.5. The van der Waals surface area contributed by atoms with Gasteiger partial charge in [0.25, 0.3) is 0 Å².